The van der Waals surface area contributed by atoms with Gasteiger partial charge in [-0.1, -0.05) is 0 Å². The van der Waals surface area contributed by atoms with E-state index in [0.717, 1.165) is 0 Å². The highest BCUT2D eigenvalue weighted by molar-refractivity contribution is 5.99. The molecule has 1 atom stereocenters. The van der Waals surface area contributed by atoms with Crippen molar-refractivity contribution in [3.8, 4) is 17.2 Å². The molecule has 0 bridgehead atoms. The fourth-order valence-electron chi connectivity index (χ4n) is 5.69. The fourth-order valence-corrected chi connectivity index (χ4v) is 5.69. The van der Waals surface area contributed by atoms with E-state index in [4.69, 9.17) is 23.7 Å². The highest BCUT2D eigenvalue weighted by atomic mass is 16.7. The third-order valence-corrected chi connectivity index (χ3v) is 7.88. The number of piperidine rings is 1. The Labute approximate surface area is 226 Å². The number of carbonyl (C=O) groups excluding carboxylic acids is 3. The van der Waals surface area contributed by atoms with E-state index in [9.17, 15) is 14.4 Å². The van der Waals surface area contributed by atoms with E-state index in [1.807, 2.05) is 0 Å². The lowest BCUT2D eigenvalue weighted by Crippen LogP contribution is -2.60. The van der Waals surface area contributed by atoms with E-state index >= 15 is 0 Å². The number of amides is 3. The molecule has 2 aromatic rings. The molecule has 1 spiro atoms. The molecular weight excluding hydrogens is 506 g/mol. The Balaban J connectivity index is 1.23. The molecule has 206 valence electrons. The number of carbonyl (C=O) groups is 3. The van der Waals surface area contributed by atoms with Crippen molar-refractivity contribution >= 4 is 17.7 Å². The van der Waals surface area contributed by atoms with Gasteiger partial charge in [-0.2, -0.15) is 0 Å². The largest absolute Gasteiger partial charge is 0.497 e. The van der Waals surface area contributed by atoms with Gasteiger partial charge in [0.1, 0.15) is 17.5 Å². The SMILES string of the molecule is COc1ccc(C(=O)N2[C@@H](C(=O)N3CCOCC3)COC23CCN(C(=O)c2ccc4c(c2)OCO4)CC3)cc1. The van der Waals surface area contributed by atoms with Crippen LogP contribution in [0.5, 0.6) is 17.2 Å². The smallest absolute Gasteiger partial charge is 0.256 e. The number of fused-ring (bicyclic) bond motifs is 1. The molecule has 2 aromatic carbocycles. The van der Waals surface area contributed by atoms with Gasteiger partial charge < -0.3 is 33.5 Å². The number of hydrogen-bond acceptors (Lipinski definition) is 8. The number of likely N-dealkylation sites (tertiary alicyclic amines) is 1. The highest BCUT2D eigenvalue weighted by Crippen LogP contribution is 2.40. The van der Waals surface area contributed by atoms with Gasteiger partial charge in [0.25, 0.3) is 11.8 Å². The van der Waals surface area contributed by atoms with Crippen molar-refractivity contribution in [3.05, 3.63) is 53.6 Å². The van der Waals surface area contributed by atoms with Gasteiger partial charge in [0.2, 0.25) is 12.7 Å². The summed E-state index contributed by atoms with van der Waals surface area (Å²) >= 11 is 0. The zero-order chi connectivity index (χ0) is 27.0. The molecule has 3 fully saturated rings. The molecule has 3 amide bonds. The van der Waals surface area contributed by atoms with Crippen LogP contribution in [0.3, 0.4) is 0 Å². The van der Waals surface area contributed by atoms with Gasteiger partial charge in [0.05, 0.1) is 26.9 Å². The van der Waals surface area contributed by atoms with Crippen LogP contribution < -0.4 is 14.2 Å². The highest BCUT2D eigenvalue weighted by Gasteiger charge is 2.55. The van der Waals surface area contributed by atoms with Crippen molar-refractivity contribution in [2.24, 2.45) is 0 Å². The molecule has 0 N–H and O–H groups in total. The first-order valence-electron chi connectivity index (χ1n) is 13.2. The molecule has 4 heterocycles. The Hall–Kier alpha value is -3.83. The van der Waals surface area contributed by atoms with E-state index in [2.05, 4.69) is 0 Å². The molecule has 4 aliphatic heterocycles. The molecule has 4 aliphatic rings. The lowest BCUT2D eigenvalue weighted by molar-refractivity contribution is -0.141. The molecule has 0 aromatic heterocycles. The van der Waals surface area contributed by atoms with Gasteiger partial charge >= 0.3 is 0 Å². The molecular formula is C28H31N3O8. The van der Waals surface area contributed by atoms with Crippen LogP contribution in [0.25, 0.3) is 0 Å². The number of hydrogen-bond donors (Lipinski definition) is 0. The minimum Gasteiger partial charge on any atom is -0.497 e. The van der Waals surface area contributed by atoms with Crippen LogP contribution in [0.1, 0.15) is 33.6 Å². The molecule has 11 heteroatoms. The maximum absolute atomic E-state index is 14.0. The molecule has 6 rings (SSSR count). The summed E-state index contributed by atoms with van der Waals surface area (Å²) in [6.45, 7) is 2.88. The predicted octanol–water partition coefficient (Wildman–Crippen LogP) is 1.76. The molecule has 0 radical (unpaired) electrons. The average molecular weight is 538 g/mol. The molecule has 39 heavy (non-hydrogen) atoms. The van der Waals surface area contributed by atoms with E-state index in [-0.39, 0.29) is 31.1 Å². The lowest BCUT2D eigenvalue weighted by Gasteiger charge is -2.45. The van der Waals surface area contributed by atoms with Gasteiger partial charge in [-0.05, 0) is 42.5 Å². The minimum atomic E-state index is -0.991. The summed E-state index contributed by atoms with van der Waals surface area (Å²) < 4.78 is 27.8. The summed E-state index contributed by atoms with van der Waals surface area (Å²) in [6, 6.07) is 11.2. The number of morpholine rings is 1. The van der Waals surface area contributed by atoms with Crippen molar-refractivity contribution in [2.45, 2.75) is 24.6 Å². The number of methoxy groups -OCH3 is 1. The Bertz CT molecular complexity index is 1250. The van der Waals surface area contributed by atoms with Crippen LogP contribution in [0, 0.1) is 0 Å². The second-order valence-corrected chi connectivity index (χ2v) is 9.97. The average Bonchev–Trinajstić information content (AvgIpc) is 3.61. The van der Waals surface area contributed by atoms with E-state index < -0.39 is 11.8 Å². The van der Waals surface area contributed by atoms with Gasteiger partial charge in [-0.25, -0.2) is 0 Å². The van der Waals surface area contributed by atoms with Gasteiger partial charge in [-0.15, -0.1) is 0 Å². The summed E-state index contributed by atoms with van der Waals surface area (Å²) in [5.41, 5.74) is -0.0386. The molecule has 3 saturated heterocycles. The van der Waals surface area contributed by atoms with Crippen molar-refractivity contribution < 1.29 is 38.1 Å². The van der Waals surface area contributed by atoms with Gasteiger partial charge in [-0.3, -0.25) is 19.3 Å². The summed E-state index contributed by atoms with van der Waals surface area (Å²) in [7, 11) is 1.57. The van der Waals surface area contributed by atoms with Crippen LogP contribution in [0.15, 0.2) is 42.5 Å². The van der Waals surface area contributed by atoms with E-state index in [0.29, 0.717) is 80.6 Å². The van der Waals surface area contributed by atoms with Crippen LogP contribution in [-0.4, -0.2) is 104 Å². The van der Waals surface area contributed by atoms with Crippen molar-refractivity contribution in [1.29, 1.82) is 0 Å². The van der Waals surface area contributed by atoms with Crippen LogP contribution >= 0.6 is 0 Å². The zero-order valence-corrected chi connectivity index (χ0v) is 21.8. The second kappa shape index (κ2) is 10.4. The zero-order valence-electron chi connectivity index (χ0n) is 21.8. The number of rotatable bonds is 4. The van der Waals surface area contributed by atoms with Crippen molar-refractivity contribution in [3.63, 3.8) is 0 Å². The maximum Gasteiger partial charge on any atom is 0.256 e. The van der Waals surface area contributed by atoms with Crippen LogP contribution in [0.2, 0.25) is 0 Å². The Morgan fingerprint density at radius 3 is 2.26 bits per heavy atom. The summed E-state index contributed by atoms with van der Waals surface area (Å²) in [4.78, 5) is 46.0. The monoisotopic (exact) mass is 537 g/mol. The third kappa shape index (κ3) is 4.65. The summed E-state index contributed by atoms with van der Waals surface area (Å²) in [5.74, 6) is 1.25. The summed E-state index contributed by atoms with van der Waals surface area (Å²) in [6.07, 6.45) is 0.774. The first kappa shape index (κ1) is 25.4. The predicted molar refractivity (Wildman–Crippen MR) is 137 cm³/mol. The van der Waals surface area contributed by atoms with Crippen LogP contribution in [-0.2, 0) is 14.3 Å². The fraction of sp³-hybridized carbons (Fsp3) is 0.464. The lowest BCUT2D eigenvalue weighted by atomic mass is 9.96. The number of nitrogens with zero attached hydrogens (tertiary/aromatic N) is 3. The topological polar surface area (TPSA) is 107 Å². The first-order valence-corrected chi connectivity index (χ1v) is 13.2. The molecule has 0 unspecified atom stereocenters. The van der Waals surface area contributed by atoms with E-state index in [1.165, 1.54) is 0 Å². The standard InChI is InChI=1S/C28H31N3O8/c1-35-21-5-2-19(3-6-21)26(33)31-22(27(34)30-12-14-36-15-13-30)17-39-28(31)8-10-29(11-9-28)25(32)20-4-7-23-24(16-20)38-18-37-23/h2-7,16,22H,8-15,17-18H2,1H3/t22-/m1/s1. The summed E-state index contributed by atoms with van der Waals surface area (Å²) in [5, 5.41) is 0. The molecule has 0 aliphatic carbocycles. The van der Waals surface area contributed by atoms with Gasteiger partial charge in [0.15, 0.2) is 11.5 Å². The molecule has 11 nitrogen and oxygen atoms in total. The van der Waals surface area contributed by atoms with Crippen LogP contribution in [0.4, 0.5) is 0 Å². The number of ether oxygens (including phenoxy) is 5. The quantitative estimate of drug-likeness (QED) is 0.581. The minimum absolute atomic E-state index is 0.105. The van der Waals surface area contributed by atoms with Gasteiger partial charge in [0, 0.05) is 50.1 Å². The Morgan fingerprint density at radius 1 is 0.846 bits per heavy atom. The van der Waals surface area contributed by atoms with E-state index in [1.54, 1.807) is 64.3 Å². The van der Waals surface area contributed by atoms with Crippen molar-refractivity contribution in [1.82, 2.24) is 14.7 Å². The number of benzene rings is 2. The Morgan fingerprint density at radius 2 is 1.54 bits per heavy atom. The van der Waals surface area contributed by atoms with Crippen molar-refractivity contribution in [2.75, 3.05) is 59.9 Å². The Kier molecular flexibility index (Phi) is 6.78. The maximum atomic E-state index is 14.0. The third-order valence-electron chi connectivity index (χ3n) is 7.88. The normalized spacial score (nSPS) is 21.8. The first-order chi connectivity index (χ1) is 19.0. The second-order valence-electron chi connectivity index (χ2n) is 9.97. The molecule has 0 saturated carbocycles.